The number of aliphatic hydroxyl groups excluding tert-OH is 1. The summed E-state index contributed by atoms with van der Waals surface area (Å²) in [6.07, 6.45) is 2.52. The molecule has 0 atom stereocenters. The van der Waals surface area contributed by atoms with Crippen molar-refractivity contribution in [1.29, 1.82) is 5.26 Å². The monoisotopic (exact) mass is 271 g/mol. The van der Waals surface area contributed by atoms with Gasteiger partial charge in [0.2, 0.25) is 0 Å². The minimum atomic E-state index is 0.146. The topological polar surface area (TPSA) is 86.8 Å². The average Bonchev–Trinajstić information content (AvgIpc) is 2.92. The first-order chi connectivity index (χ1) is 9.72. The first-order valence-corrected chi connectivity index (χ1v) is 6.47. The van der Waals surface area contributed by atoms with Crippen molar-refractivity contribution >= 4 is 5.69 Å². The lowest BCUT2D eigenvalue weighted by atomic mass is 10.1. The van der Waals surface area contributed by atoms with Crippen LogP contribution in [-0.2, 0) is 13.1 Å². The van der Waals surface area contributed by atoms with E-state index in [-0.39, 0.29) is 6.61 Å². The van der Waals surface area contributed by atoms with Gasteiger partial charge in [-0.05, 0) is 31.0 Å². The molecule has 0 saturated carbocycles. The summed E-state index contributed by atoms with van der Waals surface area (Å²) in [4.78, 5) is 0. The molecule has 0 spiro atoms. The highest BCUT2D eigenvalue weighted by Gasteiger charge is 2.03. The predicted molar refractivity (Wildman–Crippen MR) is 74.9 cm³/mol. The Balaban J connectivity index is 1.98. The Bertz CT molecular complexity index is 614. The van der Waals surface area contributed by atoms with Crippen molar-refractivity contribution in [1.82, 2.24) is 15.0 Å². The number of hydrogen-bond acceptors (Lipinski definition) is 5. The third kappa shape index (κ3) is 3.56. The summed E-state index contributed by atoms with van der Waals surface area (Å²) >= 11 is 0. The summed E-state index contributed by atoms with van der Waals surface area (Å²) in [6.45, 7) is 3.34. The van der Waals surface area contributed by atoms with Crippen LogP contribution in [0.1, 0.15) is 23.2 Å². The molecule has 0 aliphatic heterocycles. The number of aliphatic hydroxyl groups is 1. The maximum Gasteiger partial charge on any atom is 0.102 e. The molecule has 2 rings (SSSR count). The second-order valence-corrected chi connectivity index (χ2v) is 4.55. The summed E-state index contributed by atoms with van der Waals surface area (Å²) < 4.78 is 1.71. The van der Waals surface area contributed by atoms with Gasteiger partial charge in [-0.3, -0.25) is 4.68 Å². The van der Waals surface area contributed by atoms with Gasteiger partial charge in [0.1, 0.15) is 5.69 Å². The molecule has 0 amide bonds. The zero-order chi connectivity index (χ0) is 14.4. The van der Waals surface area contributed by atoms with Crippen LogP contribution in [0.25, 0.3) is 0 Å². The van der Waals surface area contributed by atoms with Crippen LogP contribution in [0.4, 0.5) is 5.69 Å². The first-order valence-electron chi connectivity index (χ1n) is 6.47. The van der Waals surface area contributed by atoms with Crippen LogP contribution in [-0.4, -0.2) is 26.7 Å². The Labute approximate surface area is 117 Å². The minimum Gasteiger partial charge on any atom is -0.396 e. The number of nitrogens with zero attached hydrogens (tertiary/aromatic N) is 4. The SMILES string of the molecule is Cc1ccc(C#N)cc1NCc1cn(CCCO)nn1. The van der Waals surface area contributed by atoms with E-state index in [9.17, 15) is 0 Å². The van der Waals surface area contributed by atoms with E-state index in [1.807, 2.05) is 25.3 Å². The number of anilines is 1. The molecule has 1 aromatic heterocycles. The van der Waals surface area contributed by atoms with Crippen LogP contribution in [0.5, 0.6) is 0 Å². The molecule has 1 aromatic carbocycles. The van der Waals surface area contributed by atoms with E-state index in [1.54, 1.807) is 10.7 Å². The normalized spacial score (nSPS) is 10.2. The number of hydrogen-bond donors (Lipinski definition) is 2. The van der Waals surface area contributed by atoms with Crippen LogP contribution in [0.3, 0.4) is 0 Å². The third-order valence-corrected chi connectivity index (χ3v) is 2.96. The van der Waals surface area contributed by atoms with Gasteiger partial charge in [0.05, 0.1) is 24.4 Å². The molecule has 2 N–H and O–H groups in total. The van der Waals surface area contributed by atoms with E-state index in [0.29, 0.717) is 25.1 Å². The second kappa shape index (κ2) is 6.68. The fourth-order valence-corrected chi connectivity index (χ4v) is 1.83. The van der Waals surface area contributed by atoms with Crippen LogP contribution in [0.2, 0.25) is 0 Å². The number of benzene rings is 1. The predicted octanol–water partition coefficient (Wildman–Crippen LogP) is 1.45. The van der Waals surface area contributed by atoms with E-state index >= 15 is 0 Å². The van der Waals surface area contributed by atoms with Crippen molar-refractivity contribution < 1.29 is 5.11 Å². The van der Waals surface area contributed by atoms with E-state index in [0.717, 1.165) is 16.9 Å². The van der Waals surface area contributed by atoms with Crippen LogP contribution >= 0.6 is 0 Å². The smallest absolute Gasteiger partial charge is 0.102 e. The average molecular weight is 271 g/mol. The van der Waals surface area contributed by atoms with Crippen molar-refractivity contribution in [3.63, 3.8) is 0 Å². The van der Waals surface area contributed by atoms with Crippen LogP contribution < -0.4 is 5.32 Å². The second-order valence-electron chi connectivity index (χ2n) is 4.55. The number of nitriles is 1. The summed E-state index contributed by atoms with van der Waals surface area (Å²) in [7, 11) is 0. The van der Waals surface area contributed by atoms with Gasteiger partial charge in [-0.1, -0.05) is 11.3 Å². The highest BCUT2D eigenvalue weighted by atomic mass is 16.3. The van der Waals surface area contributed by atoms with Crippen LogP contribution in [0.15, 0.2) is 24.4 Å². The molecular weight excluding hydrogens is 254 g/mol. The molecule has 6 heteroatoms. The molecule has 104 valence electrons. The molecule has 1 heterocycles. The quantitative estimate of drug-likeness (QED) is 0.830. The van der Waals surface area contributed by atoms with Gasteiger partial charge in [0, 0.05) is 18.8 Å². The maximum atomic E-state index is 8.90. The fourth-order valence-electron chi connectivity index (χ4n) is 1.83. The molecule has 20 heavy (non-hydrogen) atoms. The zero-order valence-electron chi connectivity index (χ0n) is 11.4. The molecule has 6 nitrogen and oxygen atoms in total. The van der Waals surface area contributed by atoms with E-state index in [2.05, 4.69) is 21.7 Å². The summed E-state index contributed by atoms with van der Waals surface area (Å²) in [5.74, 6) is 0. The Kier molecular flexibility index (Phi) is 4.69. The van der Waals surface area contributed by atoms with Crippen molar-refractivity contribution in [3.8, 4) is 6.07 Å². The van der Waals surface area contributed by atoms with E-state index < -0.39 is 0 Å². The van der Waals surface area contributed by atoms with Crippen molar-refractivity contribution in [2.75, 3.05) is 11.9 Å². The van der Waals surface area contributed by atoms with Crippen molar-refractivity contribution in [3.05, 3.63) is 41.2 Å². The first kappa shape index (κ1) is 14.0. The van der Waals surface area contributed by atoms with Gasteiger partial charge < -0.3 is 10.4 Å². The molecule has 0 radical (unpaired) electrons. The van der Waals surface area contributed by atoms with Crippen LogP contribution in [0, 0.1) is 18.3 Å². The Morgan fingerprint density at radius 1 is 1.45 bits per heavy atom. The molecular formula is C14H17N5O. The number of aromatic nitrogens is 3. The number of nitrogens with one attached hydrogen (secondary N) is 1. The van der Waals surface area contributed by atoms with Gasteiger partial charge in [-0.15, -0.1) is 5.10 Å². The standard InChI is InChI=1S/C14H17N5O/c1-11-3-4-12(8-15)7-14(11)16-9-13-10-19(18-17-13)5-2-6-20/h3-4,7,10,16,20H,2,5-6,9H2,1H3. The van der Waals surface area contributed by atoms with Crippen molar-refractivity contribution in [2.45, 2.75) is 26.4 Å². The fraction of sp³-hybridized carbons (Fsp3) is 0.357. The van der Waals surface area contributed by atoms with Gasteiger partial charge in [-0.2, -0.15) is 5.26 Å². The van der Waals surface area contributed by atoms with Gasteiger partial charge in [0.25, 0.3) is 0 Å². The van der Waals surface area contributed by atoms with Gasteiger partial charge in [-0.25, -0.2) is 0 Å². The van der Waals surface area contributed by atoms with Gasteiger partial charge in [0.15, 0.2) is 0 Å². The summed E-state index contributed by atoms with van der Waals surface area (Å²) in [6, 6.07) is 7.66. The van der Waals surface area contributed by atoms with E-state index in [1.165, 1.54) is 0 Å². The Morgan fingerprint density at radius 3 is 3.05 bits per heavy atom. The molecule has 0 aliphatic rings. The maximum absolute atomic E-state index is 8.90. The summed E-state index contributed by atoms with van der Waals surface area (Å²) in [5.41, 5.74) is 3.46. The van der Waals surface area contributed by atoms with Gasteiger partial charge >= 0.3 is 0 Å². The minimum absolute atomic E-state index is 0.146. The number of rotatable bonds is 6. The lowest BCUT2D eigenvalue weighted by Crippen LogP contribution is -2.02. The molecule has 0 aliphatic carbocycles. The molecule has 0 fully saturated rings. The molecule has 0 saturated heterocycles. The third-order valence-electron chi connectivity index (χ3n) is 2.96. The highest BCUT2D eigenvalue weighted by Crippen LogP contribution is 2.17. The lowest BCUT2D eigenvalue weighted by molar-refractivity contribution is 0.276. The molecule has 2 aromatic rings. The lowest BCUT2D eigenvalue weighted by Gasteiger charge is -2.08. The largest absolute Gasteiger partial charge is 0.396 e. The molecule has 0 unspecified atom stereocenters. The number of aryl methyl sites for hydroxylation is 2. The Hall–Kier alpha value is -2.39. The van der Waals surface area contributed by atoms with E-state index in [4.69, 9.17) is 10.4 Å². The Morgan fingerprint density at radius 2 is 2.30 bits per heavy atom. The zero-order valence-corrected chi connectivity index (χ0v) is 11.4. The summed E-state index contributed by atoms with van der Waals surface area (Å²) in [5, 5.41) is 29.0. The molecule has 0 bridgehead atoms. The van der Waals surface area contributed by atoms with Crippen molar-refractivity contribution in [2.24, 2.45) is 0 Å². The highest BCUT2D eigenvalue weighted by molar-refractivity contribution is 5.55.